The van der Waals surface area contributed by atoms with E-state index in [-0.39, 0.29) is 6.03 Å². The highest BCUT2D eigenvalue weighted by Crippen LogP contribution is 2.29. The molecule has 1 saturated heterocycles. The van der Waals surface area contributed by atoms with Crippen molar-refractivity contribution >= 4 is 34.9 Å². The molecule has 1 aliphatic heterocycles. The maximum Gasteiger partial charge on any atom is 0.321 e. The molecule has 17 heavy (non-hydrogen) atoms. The normalized spacial score (nSPS) is 15.8. The Kier molecular flexibility index (Phi) is 4.13. The van der Waals surface area contributed by atoms with E-state index in [1.54, 1.807) is 23.1 Å². The smallest absolute Gasteiger partial charge is 0.321 e. The molecule has 5 heteroatoms. The van der Waals surface area contributed by atoms with E-state index in [9.17, 15) is 4.79 Å². The molecule has 0 saturated carbocycles. The van der Waals surface area contributed by atoms with Crippen molar-refractivity contribution in [3.05, 3.63) is 28.2 Å². The van der Waals surface area contributed by atoms with Crippen molar-refractivity contribution in [2.45, 2.75) is 19.3 Å². The number of nitrogens with one attached hydrogen (secondary N) is 1. The van der Waals surface area contributed by atoms with Crippen molar-refractivity contribution in [2.24, 2.45) is 0 Å². The van der Waals surface area contributed by atoms with E-state index in [2.05, 4.69) is 5.32 Å². The molecule has 1 aromatic carbocycles. The van der Waals surface area contributed by atoms with Gasteiger partial charge in [-0.05, 0) is 31.4 Å². The number of rotatable bonds is 1. The summed E-state index contributed by atoms with van der Waals surface area (Å²) in [5.74, 6) is 0. The predicted octanol–water partition coefficient (Wildman–Crippen LogP) is 4.01. The lowest BCUT2D eigenvalue weighted by molar-refractivity contribution is 0.200. The standard InChI is InChI=1S/C12H14Cl2N2O/c13-9-5-4-6-10(11(9)14)15-12(17)16-7-2-1-3-8-16/h4-6H,1-3,7-8H2,(H,15,17). The van der Waals surface area contributed by atoms with Gasteiger partial charge in [0.1, 0.15) is 0 Å². The van der Waals surface area contributed by atoms with Crippen LogP contribution in [0, 0.1) is 0 Å². The lowest BCUT2D eigenvalue weighted by Crippen LogP contribution is -2.38. The third-order valence-corrected chi connectivity index (χ3v) is 3.66. The lowest BCUT2D eigenvalue weighted by Gasteiger charge is -2.27. The quantitative estimate of drug-likeness (QED) is 0.823. The van der Waals surface area contributed by atoms with Gasteiger partial charge in [0.2, 0.25) is 0 Å². The first-order chi connectivity index (χ1) is 8.18. The van der Waals surface area contributed by atoms with Gasteiger partial charge >= 0.3 is 6.03 Å². The van der Waals surface area contributed by atoms with Crippen molar-refractivity contribution in [3.8, 4) is 0 Å². The van der Waals surface area contributed by atoms with Gasteiger partial charge in [0.05, 0.1) is 15.7 Å². The number of hydrogen-bond donors (Lipinski definition) is 1. The monoisotopic (exact) mass is 272 g/mol. The van der Waals surface area contributed by atoms with Crippen molar-refractivity contribution in [1.29, 1.82) is 0 Å². The van der Waals surface area contributed by atoms with Gasteiger partial charge in [-0.25, -0.2) is 4.79 Å². The fraction of sp³-hybridized carbons (Fsp3) is 0.417. The molecule has 0 bridgehead atoms. The van der Waals surface area contributed by atoms with Crippen molar-refractivity contribution in [1.82, 2.24) is 4.90 Å². The average molecular weight is 273 g/mol. The molecule has 92 valence electrons. The van der Waals surface area contributed by atoms with Crippen molar-refractivity contribution in [3.63, 3.8) is 0 Å². The highest BCUT2D eigenvalue weighted by Gasteiger charge is 2.17. The zero-order valence-corrected chi connectivity index (χ0v) is 10.9. The number of benzene rings is 1. The molecule has 0 aliphatic carbocycles. The third kappa shape index (κ3) is 3.05. The Labute approximate surface area is 111 Å². The van der Waals surface area contributed by atoms with E-state index in [1.165, 1.54) is 6.42 Å². The first-order valence-corrected chi connectivity index (χ1v) is 6.44. The lowest BCUT2D eigenvalue weighted by atomic mass is 10.1. The van der Waals surface area contributed by atoms with Crippen LogP contribution in [0.1, 0.15) is 19.3 Å². The van der Waals surface area contributed by atoms with Crippen LogP contribution in [0.4, 0.5) is 10.5 Å². The summed E-state index contributed by atoms with van der Waals surface area (Å²) in [6.07, 6.45) is 3.33. The van der Waals surface area contributed by atoms with E-state index < -0.39 is 0 Å². The largest absolute Gasteiger partial charge is 0.325 e. The Morgan fingerprint density at radius 2 is 1.88 bits per heavy atom. The maximum atomic E-state index is 11.9. The zero-order chi connectivity index (χ0) is 12.3. The molecular weight excluding hydrogens is 259 g/mol. The van der Waals surface area contributed by atoms with Crippen LogP contribution in [-0.2, 0) is 0 Å². The number of hydrogen-bond acceptors (Lipinski definition) is 1. The van der Waals surface area contributed by atoms with Crippen LogP contribution < -0.4 is 5.32 Å². The highest BCUT2D eigenvalue weighted by molar-refractivity contribution is 6.43. The summed E-state index contributed by atoms with van der Waals surface area (Å²) in [7, 11) is 0. The fourth-order valence-electron chi connectivity index (χ4n) is 1.89. The summed E-state index contributed by atoms with van der Waals surface area (Å²) in [6.45, 7) is 1.62. The number of carbonyl (C=O) groups is 1. The van der Waals surface area contributed by atoms with Crippen LogP contribution in [0.5, 0.6) is 0 Å². The minimum absolute atomic E-state index is 0.103. The molecule has 0 spiro atoms. The van der Waals surface area contributed by atoms with Crippen molar-refractivity contribution < 1.29 is 4.79 Å². The van der Waals surface area contributed by atoms with Gasteiger partial charge < -0.3 is 10.2 Å². The fourth-order valence-corrected chi connectivity index (χ4v) is 2.24. The molecule has 2 rings (SSSR count). The van der Waals surface area contributed by atoms with Crippen LogP contribution in [0.3, 0.4) is 0 Å². The van der Waals surface area contributed by atoms with Crippen LogP contribution in [0.15, 0.2) is 18.2 Å². The first kappa shape index (κ1) is 12.5. The summed E-state index contributed by atoms with van der Waals surface area (Å²) < 4.78 is 0. The average Bonchev–Trinajstić information content (AvgIpc) is 2.36. The molecule has 3 nitrogen and oxygen atoms in total. The van der Waals surface area contributed by atoms with Gasteiger partial charge in [0.25, 0.3) is 0 Å². The van der Waals surface area contributed by atoms with Crippen LogP contribution in [0.25, 0.3) is 0 Å². The van der Waals surface area contributed by atoms with Gasteiger partial charge in [0.15, 0.2) is 0 Å². The van der Waals surface area contributed by atoms with E-state index in [4.69, 9.17) is 23.2 Å². The molecule has 0 radical (unpaired) electrons. The molecule has 1 N–H and O–H groups in total. The molecule has 1 fully saturated rings. The van der Waals surface area contributed by atoms with Crippen LogP contribution in [-0.4, -0.2) is 24.0 Å². The number of piperidine rings is 1. The number of anilines is 1. The molecule has 2 amide bonds. The van der Waals surface area contributed by atoms with Crippen molar-refractivity contribution in [2.75, 3.05) is 18.4 Å². The second-order valence-electron chi connectivity index (χ2n) is 4.08. The molecule has 0 unspecified atom stereocenters. The molecule has 1 heterocycles. The topological polar surface area (TPSA) is 32.3 Å². The summed E-state index contributed by atoms with van der Waals surface area (Å²) in [4.78, 5) is 13.8. The van der Waals surface area contributed by atoms with Gasteiger partial charge in [-0.1, -0.05) is 29.3 Å². The summed E-state index contributed by atoms with van der Waals surface area (Å²) in [5.41, 5.74) is 0.565. The maximum absolute atomic E-state index is 11.9. The third-order valence-electron chi connectivity index (χ3n) is 2.84. The Morgan fingerprint density at radius 1 is 1.18 bits per heavy atom. The number of likely N-dealkylation sites (tertiary alicyclic amines) is 1. The minimum atomic E-state index is -0.103. The first-order valence-electron chi connectivity index (χ1n) is 5.68. The van der Waals surface area contributed by atoms with Gasteiger partial charge in [-0.2, -0.15) is 0 Å². The van der Waals surface area contributed by atoms with E-state index >= 15 is 0 Å². The Morgan fingerprint density at radius 3 is 2.59 bits per heavy atom. The number of urea groups is 1. The summed E-state index contributed by atoms with van der Waals surface area (Å²) >= 11 is 11.9. The van der Waals surface area contributed by atoms with Gasteiger partial charge in [0, 0.05) is 13.1 Å². The minimum Gasteiger partial charge on any atom is -0.325 e. The second kappa shape index (κ2) is 5.61. The molecular formula is C12H14Cl2N2O. The van der Waals surface area contributed by atoms with E-state index in [0.717, 1.165) is 25.9 Å². The van der Waals surface area contributed by atoms with Gasteiger partial charge in [-0.15, -0.1) is 0 Å². The summed E-state index contributed by atoms with van der Waals surface area (Å²) in [5, 5.41) is 3.63. The van der Waals surface area contributed by atoms with Crippen LogP contribution >= 0.6 is 23.2 Å². The number of amides is 2. The Hall–Kier alpha value is -0.930. The Bertz CT molecular complexity index is 417. The van der Waals surface area contributed by atoms with E-state index in [1.807, 2.05) is 0 Å². The zero-order valence-electron chi connectivity index (χ0n) is 9.38. The molecule has 0 atom stereocenters. The summed E-state index contributed by atoms with van der Waals surface area (Å²) in [6, 6.07) is 5.10. The Balaban J connectivity index is 2.04. The SMILES string of the molecule is O=C(Nc1cccc(Cl)c1Cl)N1CCCCC1. The van der Waals surface area contributed by atoms with Gasteiger partial charge in [-0.3, -0.25) is 0 Å². The number of carbonyl (C=O) groups excluding carboxylic acids is 1. The molecule has 1 aliphatic rings. The molecule has 1 aromatic rings. The molecule has 0 aromatic heterocycles. The second-order valence-corrected chi connectivity index (χ2v) is 4.86. The predicted molar refractivity (Wildman–Crippen MR) is 70.9 cm³/mol. The number of nitrogens with zero attached hydrogens (tertiary/aromatic N) is 1. The highest BCUT2D eigenvalue weighted by atomic mass is 35.5. The van der Waals surface area contributed by atoms with Crippen LogP contribution in [0.2, 0.25) is 10.0 Å². The number of halogens is 2. The van der Waals surface area contributed by atoms with E-state index in [0.29, 0.717) is 15.7 Å².